The highest BCUT2D eigenvalue weighted by Crippen LogP contribution is 2.40. The van der Waals surface area contributed by atoms with Crippen molar-refractivity contribution in [3.05, 3.63) is 64.7 Å². The summed E-state index contributed by atoms with van der Waals surface area (Å²) in [5.41, 5.74) is 4.63. The number of ether oxygens (including phenoxy) is 1. The second kappa shape index (κ2) is 8.86. The molecule has 2 aromatic carbocycles. The SMILES string of the molecule is Cc1ccc2c(c1O)C[C@@H](C1CCN(Cc3ccccc3)CC1)O[C@H]2CN(C)C. The zero-order valence-corrected chi connectivity index (χ0v) is 18.0. The molecule has 2 aliphatic rings. The Kier molecular flexibility index (Phi) is 6.23. The molecule has 0 aliphatic carbocycles. The van der Waals surface area contributed by atoms with Gasteiger partial charge in [-0.15, -0.1) is 0 Å². The molecule has 4 rings (SSSR count). The minimum absolute atomic E-state index is 0.0348. The lowest BCUT2D eigenvalue weighted by Crippen LogP contribution is -2.42. The van der Waals surface area contributed by atoms with E-state index in [2.05, 4.69) is 60.3 Å². The van der Waals surface area contributed by atoms with E-state index in [0.717, 1.165) is 56.6 Å². The molecule has 0 aromatic heterocycles. The van der Waals surface area contributed by atoms with Crippen LogP contribution < -0.4 is 0 Å². The number of phenolic OH excluding ortho intramolecular Hbond substituents is 1. The van der Waals surface area contributed by atoms with Crippen LogP contribution in [0.5, 0.6) is 5.75 Å². The summed E-state index contributed by atoms with van der Waals surface area (Å²) in [4.78, 5) is 4.73. The van der Waals surface area contributed by atoms with E-state index in [4.69, 9.17) is 4.74 Å². The van der Waals surface area contributed by atoms with Crippen LogP contribution in [-0.2, 0) is 17.7 Å². The summed E-state index contributed by atoms with van der Waals surface area (Å²) in [6.07, 6.45) is 3.38. The molecule has 2 atom stereocenters. The number of hydrogen-bond acceptors (Lipinski definition) is 4. The van der Waals surface area contributed by atoms with E-state index in [1.807, 2.05) is 13.0 Å². The Hall–Kier alpha value is -1.88. The van der Waals surface area contributed by atoms with Crippen molar-refractivity contribution in [3.63, 3.8) is 0 Å². The zero-order chi connectivity index (χ0) is 20.4. The van der Waals surface area contributed by atoms with E-state index >= 15 is 0 Å². The highest BCUT2D eigenvalue weighted by Gasteiger charge is 2.36. The molecule has 0 unspecified atom stereocenters. The van der Waals surface area contributed by atoms with Gasteiger partial charge in [0, 0.05) is 25.1 Å². The molecule has 29 heavy (non-hydrogen) atoms. The van der Waals surface area contributed by atoms with E-state index in [1.54, 1.807) is 0 Å². The third-order valence-electron chi connectivity index (χ3n) is 6.55. The van der Waals surface area contributed by atoms with Crippen LogP contribution in [0.3, 0.4) is 0 Å². The van der Waals surface area contributed by atoms with Gasteiger partial charge in [0.1, 0.15) is 5.75 Å². The van der Waals surface area contributed by atoms with E-state index < -0.39 is 0 Å². The molecule has 2 heterocycles. The number of aromatic hydroxyl groups is 1. The Morgan fingerprint density at radius 3 is 2.48 bits per heavy atom. The first-order valence-corrected chi connectivity index (χ1v) is 10.9. The molecule has 156 valence electrons. The van der Waals surface area contributed by atoms with Crippen molar-refractivity contribution in [2.45, 2.75) is 44.9 Å². The van der Waals surface area contributed by atoms with Crippen LogP contribution in [0.25, 0.3) is 0 Å². The Bertz CT molecular complexity index is 813. The van der Waals surface area contributed by atoms with Gasteiger partial charge in [-0.3, -0.25) is 4.90 Å². The molecule has 1 fully saturated rings. The average molecular weight is 395 g/mol. The first kappa shape index (κ1) is 20.4. The highest BCUT2D eigenvalue weighted by molar-refractivity contribution is 5.47. The fourth-order valence-electron chi connectivity index (χ4n) is 4.89. The molecule has 2 aromatic rings. The third kappa shape index (κ3) is 4.66. The van der Waals surface area contributed by atoms with Gasteiger partial charge in [0.05, 0.1) is 12.2 Å². The summed E-state index contributed by atoms with van der Waals surface area (Å²) in [5.74, 6) is 1.03. The van der Waals surface area contributed by atoms with Crippen molar-refractivity contribution in [3.8, 4) is 5.75 Å². The molecule has 4 heteroatoms. The standard InChI is InChI=1S/C25H34N2O2/c1-18-9-10-21-22(25(18)28)15-23(29-24(21)17-26(2)3)20-11-13-27(14-12-20)16-19-7-5-4-6-8-19/h4-10,20,23-24,28H,11-17H2,1-3H3/t23-,24-/m0/s1. The van der Waals surface area contributed by atoms with Gasteiger partial charge >= 0.3 is 0 Å². The average Bonchev–Trinajstić information content (AvgIpc) is 2.72. The van der Waals surface area contributed by atoms with Crippen LogP contribution in [0.15, 0.2) is 42.5 Å². The van der Waals surface area contributed by atoms with Gasteiger partial charge < -0.3 is 14.7 Å². The Balaban J connectivity index is 1.44. The van der Waals surface area contributed by atoms with Gasteiger partial charge in [0.15, 0.2) is 0 Å². The summed E-state index contributed by atoms with van der Waals surface area (Å²) in [7, 11) is 4.17. The first-order valence-electron chi connectivity index (χ1n) is 10.9. The van der Waals surface area contributed by atoms with Gasteiger partial charge in [-0.05, 0) is 69.6 Å². The summed E-state index contributed by atoms with van der Waals surface area (Å²) in [6, 6.07) is 14.9. The molecule has 0 bridgehead atoms. The van der Waals surface area contributed by atoms with Crippen molar-refractivity contribution in [1.82, 2.24) is 9.80 Å². The second-order valence-corrected chi connectivity index (χ2v) is 9.03. The minimum atomic E-state index is 0.0348. The molecule has 0 amide bonds. The predicted molar refractivity (Wildman–Crippen MR) is 117 cm³/mol. The fraction of sp³-hybridized carbons (Fsp3) is 0.520. The topological polar surface area (TPSA) is 35.9 Å². The molecule has 4 nitrogen and oxygen atoms in total. The van der Waals surface area contributed by atoms with Gasteiger partial charge in [-0.2, -0.15) is 0 Å². The summed E-state index contributed by atoms with van der Waals surface area (Å²) < 4.78 is 6.64. The Morgan fingerprint density at radius 1 is 1.07 bits per heavy atom. The molecule has 0 saturated carbocycles. The smallest absolute Gasteiger partial charge is 0.122 e. The quantitative estimate of drug-likeness (QED) is 0.826. The van der Waals surface area contributed by atoms with Crippen molar-refractivity contribution in [2.75, 3.05) is 33.7 Å². The van der Waals surface area contributed by atoms with Crippen LogP contribution in [0.2, 0.25) is 0 Å². The van der Waals surface area contributed by atoms with E-state index in [9.17, 15) is 5.11 Å². The molecule has 2 aliphatic heterocycles. The summed E-state index contributed by atoms with van der Waals surface area (Å²) >= 11 is 0. The highest BCUT2D eigenvalue weighted by atomic mass is 16.5. The van der Waals surface area contributed by atoms with Gasteiger partial charge in [-0.25, -0.2) is 0 Å². The maximum absolute atomic E-state index is 10.7. The largest absolute Gasteiger partial charge is 0.507 e. The molecular weight excluding hydrogens is 360 g/mol. The molecule has 1 N–H and O–H groups in total. The van der Waals surface area contributed by atoms with E-state index in [-0.39, 0.29) is 12.2 Å². The van der Waals surface area contributed by atoms with Crippen LogP contribution in [-0.4, -0.2) is 54.7 Å². The predicted octanol–water partition coefficient (Wildman–Crippen LogP) is 4.16. The number of rotatable bonds is 5. The fourth-order valence-corrected chi connectivity index (χ4v) is 4.89. The molecule has 0 spiro atoms. The number of fused-ring (bicyclic) bond motifs is 1. The lowest BCUT2D eigenvalue weighted by molar-refractivity contribution is -0.0759. The molecular formula is C25H34N2O2. The van der Waals surface area contributed by atoms with Gasteiger partial charge in [-0.1, -0.05) is 42.5 Å². The summed E-state index contributed by atoms with van der Waals surface area (Å²) in [6.45, 7) is 6.10. The minimum Gasteiger partial charge on any atom is -0.507 e. The number of phenols is 1. The monoisotopic (exact) mass is 394 g/mol. The van der Waals surface area contributed by atoms with Crippen LogP contribution in [0.1, 0.15) is 41.2 Å². The van der Waals surface area contributed by atoms with Gasteiger partial charge in [0.25, 0.3) is 0 Å². The number of benzene rings is 2. The Morgan fingerprint density at radius 2 is 1.79 bits per heavy atom. The molecule has 0 radical (unpaired) electrons. The number of nitrogens with zero attached hydrogens (tertiary/aromatic N) is 2. The van der Waals surface area contributed by atoms with Crippen molar-refractivity contribution >= 4 is 0 Å². The van der Waals surface area contributed by atoms with Crippen LogP contribution in [0.4, 0.5) is 0 Å². The van der Waals surface area contributed by atoms with Gasteiger partial charge in [0.2, 0.25) is 0 Å². The summed E-state index contributed by atoms with van der Waals surface area (Å²) in [5, 5.41) is 10.7. The zero-order valence-electron chi connectivity index (χ0n) is 18.0. The molecule has 1 saturated heterocycles. The van der Waals surface area contributed by atoms with Crippen molar-refractivity contribution in [2.24, 2.45) is 5.92 Å². The van der Waals surface area contributed by atoms with Crippen LogP contribution in [0, 0.1) is 12.8 Å². The maximum Gasteiger partial charge on any atom is 0.122 e. The van der Waals surface area contributed by atoms with E-state index in [0.29, 0.717) is 11.7 Å². The number of aryl methyl sites for hydroxylation is 1. The normalized spacial score (nSPS) is 23.3. The Labute approximate surface area is 175 Å². The lowest BCUT2D eigenvalue weighted by atomic mass is 9.83. The lowest BCUT2D eigenvalue weighted by Gasteiger charge is -2.41. The number of piperidine rings is 1. The maximum atomic E-state index is 10.7. The van der Waals surface area contributed by atoms with Crippen LogP contribution >= 0.6 is 0 Å². The number of likely N-dealkylation sites (N-methyl/N-ethyl adjacent to an activating group) is 1. The second-order valence-electron chi connectivity index (χ2n) is 9.03. The number of hydrogen-bond donors (Lipinski definition) is 1. The van der Waals surface area contributed by atoms with Crippen molar-refractivity contribution in [1.29, 1.82) is 0 Å². The number of likely N-dealkylation sites (tertiary alicyclic amines) is 1. The van der Waals surface area contributed by atoms with Crippen molar-refractivity contribution < 1.29 is 9.84 Å². The van der Waals surface area contributed by atoms with E-state index in [1.165, 1.54) is 11.1 Å². The third-order valence-corrected chi connectivity index (χ3v) is 6.55. The first-order chi connectivity index (χ1) is 14.0.